The molecule has 241 valence electrons. The third kappa shape index (κ3) is 6.95. The predicted octanol–water partition coefficient (Wildman–Crippen LogP) is 10.8. The molecule has 45 heavy (non-hydrogen) atoms. The van der Waals surface area contributed by atoms with Crippen molar-refractivity contribution in [2.45, 2.75) is 111 Å². The van der Waals surface area contributed by atoms with Gasteiger partial charge in [0, 0.05) is 55.8 Å². The quantitative estimate of drug-likeness (QED) is 0.110. The van der Waals surface area contributed by atoms with Gasteiger partial charge in [0.15, 0.2) is 5.78 Å². The van der Waals surface area contributed by atoms with Crippen molar-refractivity contribution in [3.63, 3.8) is 0 Å². The molecule has 0 atom stereocenters. The van der Waals surface area contributed by atoms with Crippen molar-refractivity contribution in [3.05, 3.63) is 83.4 Å². The number of pyridine rings is 2. The molecule has 1 radical (unpaired) electrons. The smallest absolute Gasteiger partial charge is 0.162 e. The normalized spacial score (nSPS) is 15.9. The summed E-state index contributed by atoms with van der Waals surface area (Å²) in [6, 6.07) is 18.9. The van der Waals surface area contributed by atoms with E-state index in [9.17, 15) is 9.90 Å². The zero-order chi connectivity index (χ0) is 31.4. The van der Waals surface area contributed by atoms with Gasteiger partial charge in [-0.25, -0.2) is 0 Å². The van der Waals surface area contributed by atoms with E-state index < -0.39 is 0 Å². The monoisotopic (exact) mass is 782 g/mol. The fourth-order valence-corrected chi connectivity index (χ4v) is 7.45. The van der Waals surface area contributed by atoms with E-state index in [0.29, 0.717) is 5.92 Å². The van der Waals surface area contributed by atoms with E-state index in [0.717, 1.165) is 42.5 Å². The number of nitrogens with zero attached hydrogens (tertiary/aromatic N) is 2. The number of aliphatic hydroxyl groups is 1. The van der Waals surface area contributed by atoms with Crippen molar-refractivity contribution in [1.29, 1.82) is 0 Å². The van der Waals surface area contributed by atoms with E-state index in [1.54, 1.807) is 0 Å². The molecule has 5 heteroatoms. The number of fused-ring (bicyclic) bond motifs is 4. The van der Waals surface area contributed by atoms with E-state index in [1.165, 1.54) is 71.2 Å². The molecule has 0 amide bonds. The Morgan fingerprint density at radius 2 is 1.67 bits per heavy atom. The molecule has 1 fully saturated rings. The average molecular weight is 782 g/mol. The molecule has 0 aliphatic heterocycles. The van der Waals surface area contributed by atoms with Gasteiger partial charge in [-0.15, -0.1) is 23.3 Å². The Labute approximate surface area is 283 Å². The Morgan fingerprint density at radius 1 is 1.00 bits per heavy atom. The van der Waals surface area contributed by atoms with Crippen LogP contribution in [0.3, 0.4) is 0 Å². The van der Waals surface area contributed by atoms with Crippen LogP contribution in [0.5, 0.6) is 0 Å². The van der Waals surface area contributed by atoms with Crippen molar-refractivity contribution < 1.29 is 30.0 Å². The Hall–Kier alpha value is -2.88. The summed E-state index contributed by atoms with van der Waals surface area (Å²) in [5.74, 6) is 1.14. The first kappa shape index (κ1) is 35.0. The van der Waals surface area contributed by atoms with Crippen LogP contribution in [0.25, 0.3) is 32.9 Å². The van der Waals surface area contributed by atoms with Crippen molar-refractivity contribution in [1.82, 2.24) is 9.97 Å². The second-order valence-corrected chi connectivity index (χ2v) is 13.2. The molecule has 2 aromatic heterocycles. The summed E-state index contributed by atoms with van der Waals surface area (Å²) in [4.78, 5) is 21.7. The van der Waals surface area contributed by atoms with Gasteiger partial charge in [-0.2, -0.15) is 0 Å². The second kappa shape index (κ2) is 15.1. The first-order chi connectivity index (χ1) is 21.2. The first-order valence-corrected chi connectivity index (χ1v) is 16.9. The molecule has 2 aliphatic rings. The largest absolute Gasteiger partial charge is 0.512 e. The zero-order valence-electron chi connectivity index (χ0n) is 27.9. The van der Waals surface area contributed by atoms with Crippen molar-refractivity contribution in [2.75, 3.05) is 0 Å². The summed E-state index contributed by atoms with van der Waals surface area (Å²) in [5, 5.41) is 13.5. The van der Waals surface area contributed by atoms with Gasteiger partial charge in [-0.3, -0.25) is 9.78 Å². The van der Waals surface area contributed by atoms with Crippen LogP contribution in [0.4, 0.5) is 0 Å². The number of rotatable bonds is 8. The average Bonchev–Trinajstić information content (AvgIpc) is 3.04. The van der Waals surface area contributed by atoms with Crippen LogP contribution >= 0.6 is 0 Å². The van der Waals surface area contributed by atoms with Crippen LogP contribution in [0.15, 0.2) is 60.5 Å². The van der Waals surface area contributed by atoms with Gasteiger partial charge in [0.05, 0.1) is 11.3 Å². The van der Waals surface area contributed by atoms with Gasteiger partial charge in [0.1, 0.15) is 0 Å². The van der Waals surface area contributed by atoms with Crippen LogP contribution in [-0.2, 0) is 30.3 Å². The standard InChI is InChI=1S/C27H25N2.C13H24O2.Ir/c1-27(2)21-16-23(18-9-4-3-5-10-18)29-22-14-15-28-26(24(21)22)20-13-12-17-8-6-7-11-19(17)25(20)27;1-5-10(6-2)12(14)9-13(15)11(7-3)8-4;/h6-8,11-12,14-16,18H,3-5,9-10H2,1-2H3;9-11,14H,5-8H2,1-4H3;/q-1;;/b;12-9-;. The molecule has 4 aromatic rings. The number of carbonyl (C=O) groups excluding carboxylic acids is 1. The third-order valence-corrected chi connectivity index (χ3v) is 10.2. The van der Waals surface area contributed by atoms with Gasteiger partial charge in [-0.05, 0) is 72.7 Å². The van der Waals surface area contributed by atoms with Crippen molar-refractivity contribution >= 4 is 27.5 Å². The maximum Gasteiger partial charge on any atom is 0.162 e. The molecule has 2 aromatic carbocycles. The number of allylic oxidation sites excluding steroid dienone is 2. The maximum absolute atomic E-state index is 11.7. The number of benzene rings is 2. The Bertz CT molecular complexity index is 1660. The Kier molecular flexibility index (Phi) is 11.8. The molecule has 0 saturated heterocycles. The molecule has 0 bridgehead atoms. The molecule has 1 saturated carbocycles. The Balaban J connectivity index is 0.000000249. The molecule has 6 rings (SSSR count). The van der Waals surface area contributed by atoms with Gasteiger partial charge < -0.3 is 10.1 Å². The molecule has 0 spiro atoms. The summed E-state index contributed by atoms with van der Waals surface area (Å²) in [6.07, 6.45) is 13.4. The van der Waals surface area contributed by atoms with Crippen molar-refractivity contribution in [2.24, 2.45) is 11.8 Å². The minimum atomic E-state index is -0.118. The molecule has 1 N–H and O–H groups in total. The molecular formula is C40H49IrN2O2-. The first-order valence-electron chi connectivity index (χ1n) is 16.9. The van der Waals surface area contributed by atoms with Gasteiger partial charge >= 0.3 is 0 Å². The summed E-state index contributed by atoms with van der Waals surface area (Å²) < 4.78 is 0. The minimum Gasteiger partial charge on any atom is -0.512 e. The second-order valence-electron chi connectivity index (χ2n) is 13.2. The Morgan fingerprint density at radius 3 is 2.33 bits per heavy atom. The molecule has 0 unspecified atom stereocenters. The van der Waals surface area contributed by atoms with Crippen molar-refractivity contribution in [3.8, 4) is 11.3 Å². The summed E-state index contributed by atoms with van der Waals surface area (Å²) >= 11 is 0. The fraction of sp³-hybridized carbons (Fsp3) is 0.475. The number of carbonyl (C=O) groups is 1. The summed E-state index contributed by atoms with van der Waals surface area (Å²) in [5.41, 5.74) is 7.16. The van der Waals surface area contributed by atoms with Crippen LogP contribution in [-0.4, -0.2) is 20.9 Å². The van der Waals surface area contributed by atoms with Gasteiger partial charge in [-0.1, -0.05) is 95.8 Å². The van der Waals surface area contributed by atoms with E-state index in [-0.39, 0.29) is 48.9 Å². The number of hydrogen-bond donors (Lipinski definition) is 1. The minimum absolute atomic E-state index is 0. The maximum atomic E-state index is 11.7. The molecule has 2 aliphatic carbocycles. The zero-order valence-corrected chi connectivity index (χ0v) is 30.3. The number of hydrogen-bond acceptors (Lipinski definition) is 4. The van der Waals surface area contributed by atoms with Crippen LogP contribution in [0.1, 0.15) is 122 Å². The number of ketones is 1. The van der Waals surface area contributed by atoms with E-state index in [4.69, 9.17) is 9.97 Å². The molecule has 4 nitrogen and oxygen atoms in total. The topological polar surface area (TPSA) is 63.1 Å². The van der Waals surface area contributed by atoms with E-state index in [1.807, 2.05) is 33.9 Å². The van der Waals surface area contributed by atoms with Gasteiger partial charge in [0.25, 0.3) is 0 Å². The summed E-state index contributed by atoms with van der Waals surface area (Å²) in [7, 11) is 0. The van der Waals surface area contributed by atoms with E-state index in [2.05, 4.69) is 62.4 Å². The van der Waals surface area contributed by atoms with Gasteiger partial charge in [0.2, 0.25) is 0 Å². The molecule has 2 heterocycles. The molecular weight excluding hydrogens is 733 g/mol. The SMILES string of the molecule is CC1(C)c2c([c-]cc3ccccc23)-c2nccc3nc(C4CCCCC4)cc1c23.CCC(CC)C(=O)/C=C(\O)C(CC)CC.[Ir]. The van der Waals surface area contributed by atoms with Crippen LogP contribution in [0.2, 0.25) is 0 Å². The van der Waals surface area contributed by atoms with Crippen LogP contribution < -0.4 is 0 Å². The number of aliphatic hydroxyl groups excluding tert-OH is 1. The van der Waals surface area contributed by atoms with Crippen LogP contribution in [0, 0.1) is 17.9 Å². The predicted molar refractivity (Wildman–Crippen MR) is 183 cm³/mol. The number of aromatic nitrogens is 2. The summed E-state index contributed by atoms with van der Waals surface area (Å²) in [6.45, 7) is 12.8. The third-order valence-electron chi connectivity index (χ3n) is 10.2. The fourth-order valence-electron chi connectivity index (χ4n) is 7.45. The van der Waals surface area contributed by atoms with E-state index >= 15 is 0 Å².